The number of halogens is 1. The van der Waals surface area contributed by atoms with Crippen LogP contribution < -0.4 is 16.0 Å². The number of aryl methyl sites for hydroxylation is 1. The fraction of sp³-hybridized carbons (Fsp3) is 0.0909. The first-order chi connectivity index (χ1) is 13.5. The molecule has 0 bridgehead atoms. The summed E-state index contributed by atoms with van der Waals surface area (Å²) >= 11 is 0. The molecule has 0 fully saturated rings. The topological polar surface area (TPSA) is 70.2 Å². The summed E-state index contributed by atoms with van der Waals surface area (Å²) < 4.78 is 13.8. The molecule has 0 atom stereocenters. The number of carbonyl (C=O) groups is 2. The van der Waals surface area contributed by atoms with E-state index in [1.54, 1.807) is 48.5 Å². The van der Waals surface area contributed by atoms with Gasteiger partial charge in [-0.3, -0.25) is 9.59 Å². The van der Waals surface area contributed by atoms with Gasteiger partial charge in [-0.2, -0.15) is 0 Å². The molecule has 5 nitrogen and oxygen atoms in total. The quantitative estimate of drug-likeness (QED) is 0.595. The predicted octanol–water partition coefficient (Wildman–Crippen LogP) is 4.44. The molecule has 0 saturated carbocycles. The molecule has 142 valence electrons. The third kappa shape index (κ3) is 4.94. The highest BCUT2D eigenvalue weighted by Gasteiger charge is 2.13. The fourth-order valence-electron chi connectivity index (χ4n) is 2.65. The van der Waals surface area contributed by atoms with E-state index < -0.39 is 5.82 Å². The van der Waals surface area contributed by atoms with E-state index >= 15 is 0 Å². The van der Waals surface area contributed by atoms with Gasteiger partial charge < -0.3 is 16.0 Å². The fourth-order valence-corrected chi connectivity index (χ4v) is 2.65. The number of amides is 2. The molecule has 3 N–H and O–H groups in total. The minimum absolute atomic E-state index is 0.130. The number of nitrogens with one attached hydrogen (secondary N) is 3. The Balaban J connectivity index is 1.66. The Bertz CT molecular complexity index is 990. The molecule has 0 aliphatic heterocycles. The second-order valence-corrected chi connectivity index (χ2v) is 6.25. The van der Waals surface area contributed by atoms with Gasteiger partial charge in [-0.25, -0.2) is 4.39 Å². The molecule has 0 aliphatic rings. The lowest BCUT2D eigenvalue weighted by Crippen LogP contribution is -2.24. The normalized spacial score (nSPS) is 10.2. The Kier molecular flexibility index (Phi) is 6.01. The molecule has 0 unspecified atom stereocenters. The molecule has 3 rings (SSSR count). The number of carbonyl (C=O) groups excluding carboxylic acids is 2. The van der Waals surface area contributed by atoms with E-state index in [-0.39, 0.29) is 24.0 Å². The summed E-state index contributed by atoms with van der Waals surface area (Å²) in [4.78, 5) is 24.8. The van der Waals surface area contributed by atoms with Gasteiger partial charge >= 0.3 is 0 Å². The molecular weight excluding hydrogens is 357 g/mol. The van der Waals surface area contributed by atoms with Crippen molar-refractivity contribution in [2.45, 2.75) is 6.92 Å². The number of anilines is 3. The number of hydrogen-bond donors (Lipinski definition) is 3. The van der Waals surface area contributed by atoms with Gasteiger partial charge in [0.2, 0.25) is 5.91 Å². The van der Waals surface area contributed by atoms with Crippen LogP contribution in [-0.4, -0.2) is 18.4 Å². The summed E-state index contributed by atoms with van der Waals surface area (Å²) in [6.45, 7) is 1.71. The second-order valence-electron chi connectivity index (χ2n) is 6.25. The largest absolute Gasteiger partial charge is 0.374 e. The van der Waals surface area contributed by atoms with E-state index in [1.807, 2.05) is 25.1 Å². The summed E-state index contributed by atoms with van der Waals surface area (Å²) in [5, 5.41) is 8.26. The van der Waals surface area contributed by atoms with Crippen molar-refractivity contribution in [1.29, 1.82) is 0 Å². The second kappa shape index (κ2) is 8.81. The van der Waals surface area contributed by atoms with E-state index in [9.17, 15) is 14.0 Å². The Morgan fingerprint density at radius 1 is 0.857 bits per heavy atom. The summed E-state index contributed by atoms with van der Waals surface area (Å²) in [5.74, 6) is -1.15. The lowest BCUT2D eigenvalue weighted by Gasteiger charge is -2.13. The van der Waals surface area contributed by atoms with Crippen molar-refractivity contribution in [2.75, 3.05) is 22.5 Å². The third-order valence-electron chi connectivity index (χ3n) is 4.04. The number of hydrogen-bond acceptors (Lipinski definition) is 3. The summed E-state index contributed by atoms with van der Waals surface area (Å²) in [5.41, 5.74) is 2.51. The minimum atomic E-state index is -0.430. The Labute approximate surface area is 162 Å². The van der Waals surface area contributed by atoms with Crippen molar-refractivity contribution in [3.63, 3.8) is 0 Å². The van der Waals surface area contributed by atoms with Crippen molar-refractivity contribution >= 4 is 28.9 Å². The molecule has 0 aliphatic carbocycles. The van der Waals surface area contributed by atoms with Crippen LogP contribution in [0.1, 0.15) is 15.9 Å². The first-order valence-electron chi connectivity index (χ1n) is 8.78. The third-order valence-corrected chi connectivity index (χ3v) is 4.04. The van der Waals surface area contributed by atoms with Crippen molar-refractivity contribution in [2.24, 2.45) is 0 Å². The first kappa shape index (κ1) is 19.1. The minimum Gasteiger partial charge on any atom is -0.374 e. The molecule has 6 heteroatoms. The SMILES string of the molecule is Cc1ccc(F)c(NCC(=O)Nc2ccccc2C(=O)Nc2ccccc2)c1. The maximum Gasteiger partial charge on any atom is 0.257 e. The molecule has 0 radical (unpaired) electrons. The first-order valence-corrected chi connectivity index (χ1v) is 8.78. The van der Waals surface area contributed by atoms with Crippen LogP contribution in [0.4, 0.5) is 21.5 Å². The number of rotatable bonds is 6. The van der Waals surface area contributed by atoms with Crippen LogP contribution in [0.3, 0.4) is 0 Å². The molecule has 2 amide bonds. The predicted molar refractivity (Wildman–Crippen MR) is 109 cm³/mol. The van der Waals surface area contributed by atoms with Crippen LogP contribution in [0.5, 0.6) is 0 Å². The zero-order chi connectivity index (χ0) is 19.9. The van der Waals surface area contributed by atoms with Crippen molar-refractivity contribution in [3.05, 3.63) is 89.7 Å². The molecule has 3 aromatic rings. The van der Waals surface area contributed by atoms with Crippen molar-refractivity contribution < 1.29 is 14.0 Å². The van der Waals surface area contributed by atoms with E-state index in [0.29, 0.717) is 16.9 Å². The smallest absolute Gasteiger partial charge is 0.257 e. The Morgan fingerprint density at radius 2 is 1.57 bits per heavy atom. The standard InChI is InChI=1S/C22H20FN3O2/c1-15-11-12-18(23)20(13-15)24-14-21(27)26-19-10-6-5-9-17(19)22(28)25-16-7-3-2-4-8-16/h2-13,24H,14H2,1H3,(H,25,28)(H,26,27). The molecule has 3 aromatic carbocycles. The van der Waals surface area contributed by atoms with Crippen LogP contribution in [0.15, 0.2) is 72.8 Å². The van der Waals surface area contributed by atoms with E-state index in [2.05, 4.69) is 16.0 Å². The lowest BCUT2D eigenvalue weighted by molar-refractivity contribution is -0.114. The monoisotopic (exact) mass is 377 g/mol. The molecule has 0 spiro atoms. The molecule has 0 aromatic heterocycles. The van der Waals surface area contributed by atoms with Gasteiger partial charge in [-0.05, 0) is 48.9 Å². The zero-order valence-corrected chi connectivity index (χ0v) is 15.3. The zero-order valence-electron chi connectivity index (χ0n) is 15.3. The highest BCUT2D eigenvalue weighted by Crippen LogP contribution is 2.18. The van der Waals surface area contributed by atoms with Gasteiger partial charge in [-0.15, -0.1) is 0 Å². The lowest BCUT2D eigenvalue weighted by atomic mass is 10.1. The number of benzene rings is 3. The van der Waals surface area contributed by atoms with E-state index in [4.69, 9.17) is 0 Å². The molecule has 0 heterocycles. The van der Waals surface area contributed by atoms with E-state index in [0.717, 1.165) is 5.56 Å². The van der Waals surface area contributed by atoms with E-state index in [1.165, 1.54) is 6.07 Å². The molecular formula is C22H20FN3O2. The summed E-state index contributed by atoms with van der Waals surface area (Å²) in [7, 11) is 0. The summed E-state index contributed by atoms with van der Waals surface area (Å²) in [6.07, 6.45) is 0. The highest BCUT2D eigenvalue weighted by molar-refractivity contribution is 6.10. The van der Waals surface area contributed by atoms with Crippen molar-refractivity contribution in [1.82, 2.24) is 0 Å². The van der Waals surface area contributed by atoms with Crippen LogP contribution in [-0.2, 0) is 4.79 Å². The van der Waals surface area contributed by atoms with Gasteiger partial charge in [0.15, 0.2) is 0 Å². The van der Waals surface area contributed by atoms with Gasteiger partial charge in [-0.1, -0.05) is 36.4 Å². The van der Waals surface area contributed by atoms with Gasteiger partial charge in [0.1, 0.15) is 5.82 Å². The van der Waals surface area contributed by atoms with Crippen molar-refractivity contribution in [3.8, 4) is 0 Å². The van der Waals surface area contributed by atoms with Crippen LogP contribution in [0.2, 0.25) is 0 Å². The average molecular weight is 377 g/mol. The van der Waals surface area contributed by atoms with Crippen LogP contribution in [0, 0.1) is 12.7 Å². The molecule has 0 saturated heterocycles. The van der Waals surface area contributed by atoms with Crippen LogP contribution >= 0.6 is 0 Å². The highest BCUT2D eigenvalue weighted by atomic mass is 19.1. The Morgan fingerprint density at radius 3 is 2.36 bits per heavy atom. The Hall–Kier alpha value is -3.67. The van der Waals surface area contributed by atoms with Gasteiger partial charge in [0, 0.05) is 5.69 Å². The van der Waals surface area contributed by atoms with Crippen LogP contribution in [0.25, 0.3) is 0 Å². The average Bonchev–Trinajstić information content (AvgIpc) is 2.70. The number of para-hydroxylation sites is 2. The maximum atomic E-state index is 13.8. The van der Waals surface area contributed by atoms with Gasteiger partial charge in [0.05, 0.1) is 23.5 Å². The summed E-state index contributed by atoms with van der Waals surface area (Å²) in [6, 6.07) is 20.4. The maximum absolute atomic E-state index is 13.8. The van der Waals surface area contributed by atoms with Gasteiger partial charge in [0.25, 0.3) is 5.91 Å². The molecule has 28 heavy (non-hydrogen) atoms.